The van der Waals surface area contributed by atoms with Crippen molar-refractivity contribution in [3.05, 3.63) is 65.2 Å². The van der Waals surface area contributed by atoms with Gasteiger partial charge in [0.1, 0.15) is 11.6 Å². The zero-order valence-electron chi connectivity index (χ0n) is 15.2. The van der Waals surface area contributed by atoms with E-state index in [1.807, 2.05) is 0 Å². The smallest absolute Gasteiger partial charge is 0.305 e. The topological polar surface area (TPSA) is 95.5 Å². The molecule has 1 atom stereocenters. The van der Waals surface area contributed by atoms with E-state index in [1.165, 1.54) is 30.3 Å². The first-order valence-corrected chi connectivity index (χ1v) is 8.61. The summed E-state index contributed by atoms with van der Waals surface area (Å²) in [7, 11) is 0. The first-order valence-electron chi connectivity index (χ1n) is 8.61. The van der Waals surface area contributed by atoms with Crippen molar-refractivity contribution in [3.8, 4) is 0 Å². The Kier molecular flexibility index (Phi) is 7.20. The third-order valence-corrected chi connectivity index (χ3v) is 4.04. The van der Waals surface area contributed by atoms with Gasteiger partial charge in [0.05, 0.1) is 6.42 Å². The van der Waals surface area contributed by atoms with Crippen LogP contribution in [0.15, 0.2) is 42.5 Å². The van der Waals surface area contributed by atoms with Crippen LogP contribution < -0.4 is 10.6 Å². The Morgan fingerprint density at radius 2 is 1.75 bits per heavy atom. The quantitative estimate of drug-likeness (QED) is 0.644. The Hall–Kier alpha value is -3.29. The predicted octanol–water partition coefficient (Wildman–Crippen LogP) is 3.30. The molecule has 28 heavy (non-hydrogen) atoms. The molecule has 0 saturated heterocycles. The highest BCUT2D eigenvalue weighted by atomic mass is 19.1. The van der Waals surface area contributed by atoms with Crippen LogP contribution in [-0.4, -0.2) is 29.4 Å². The van der Waals surface area contributed by atoms with Crippen molar-refractivity contribution in [2.75, 3.05) is 11.9 Å². The molecule has 2 rings (SSSR count). The average Bonchev–Trinajstić information content (AvgIpc) is 2.61. The molecule has 148 valence electrons. The SMILES string of the molecule is CC(CC(=O)Nc1ccc(C(=O)NCCC(=O)O)cc1)c1ccc(F)cc1F. The Bertz CT molecular complexity index is 869. The van der Waals surface area contributed by atoms with Crippen LogP contribution >= 0.6 is 0 Å². The van der Waals surface area contributed by atoms with Gasteiger partial charge in [-0.1, -0.05) is 13.0 Å². The second-order valence-electron chi connectivity index (χ2n) is 6.30. The molecule has 0 bridgehead atoms. The van der Waals surface area contributed by atoms with E-state index in [0.717, 1.165) is 12.1 Å². The van der Waals surface area contributed by atoms with Crippen LogP contribution in [0.3, 0.4) is 0 Å². The molecule has 0 heterocycles. The van der Waals surface area contributed by atoms with Gasteiger partial charge in [-0.05, 0) is 41.8 Å². The number of aliphatic carboxylic acids is 1. The minimum atomic E-state index is -1.01. The van der Waals surface area contributed by atoms with Crippen molar-refractivity contribution in [2.24, 2.45) is 0 Å². The standard InChI is InChI=1S/C20H20F2N2O4/c1-12(16-7-4-14(21)11-17(16)22)10-18(25)24-15-5-2-13(3-6-15)20(28)23-9-8-19(26)27/h2-7,11-12H,8-10H2,1H3,(H,23,28)(H,24,25)(H,26,27). The van der Waals surface area contributed by atoms with Gasteiger partial charge in [0.2, 0.25) is 5.91 Å². The highest BCUT2D eigenvalue weighted by Crippen LogP contribution is 2.23. The first kappa shape index (κ1) is 21.0. The second kappa shape index (κ2) is 9.59. The molecule has 1 unspecified atom stereocenters. The van der Waals surface area contributed by atoms with Crippen LogP contribution in [0.25, 0.3) is 0 Å². The van der Waals surface area contributed by atoms with Crippen LogP contribution in [0.4, 0.5) is 14.5 Å². The molecule has 0 aromatic heterocycles. The molecule has 0 spiro atoms. The number of carboxylic acids is 1. The molecule has 0 aliphatic rings. The normalized spacial score (nSPS) is 11.5. The monoisotopic (exact) mass is 390 g/mol. The lowest BCUT2D eigenvalue weighted by atomic mass is 9.97. The van der Waals surface area contributed by atoms with Crippen LogP contribution in [0.5, 0.6) is 0 Å². The number of hydrogen-bond acceptors (Lipinski definition) is 3. The Morgan fingerprint density at radius 1 is 1.07 bits per heavy atom. The van der Waals surface area contributed by atoms with Crippen LogP contribution in [0.2, 0.25) is 0 Å². The molecule has 0 aliphatic carbocycles. The summed E-state index contributed by atoms with van der Waals surface area (Å²) in [4.78, 5) is 34.5. The fourth-order valence-electron chi connectivity index (χ4n) is 2.59. The lowest BCUT2D eigenvalue weighted by Crippen LogP contribution is -2.25. The van der Waals surface area contributed by atoms with Gasteiger partial charge >= 0.3 is 5.97 Å². The molecule has 0 aliphatic heterocycles. The van der Waals surface area contributed by atoms with Crippen molar-refractivity contribution < 1.29 is 28.3 Å². The highest BCUT2D eigenvalue weighted by molar-refractivity contribution is 5.96. The lowest BCUT2D eigenvalue weighted by Gasteiger charge is -2.13. The van der Waals surface area contributed by atoms with Gasteiger partial charge < -0.3 is 15.7 Å². The fraction of sp³-hybridized carbons (Fsp3) is 0.250. The summed E-state index contributed by atoms with van der Waals surface area (Å²) in [5.41, 5.74) is 1.04. The molecule has 6 nitrogen and oxygen atoms in total. The maximum Gasteiger partial charge on any atom is 0.305 e. The minimum Gasteiger partial charge on any atom is -0.481 e. The number of anilines is 1. The van der Waals surface area contributed by atoms with E-state index in [0.29, 0.717) is 11.3 Å². The van der Waals surface area contributed by atoms with Crippen molar-refractivity contribution >= 4 is 23.5 Å². The molecular formula is C20H20F2N2O4. The number of halogens is 2. The van der Waals surface area contributed by atoms with Gasteiger partial charge in [-0.2, -0.15) is 0 Å². The summed E-state index contributed by atoms with van der Waals surface area (Å²) in [5.74, 6) is -3.59. The van der Waals surface area contributed by atoms with Crippen LogP contribution in [-0.2, 0) is 9.59 Å². The molecule has 0 radical (unpaired) electrons. The molecule has 3 N–H and O–H groups in total. The van der Waals surface area contributed by atoms with E-state index < -0.39 is 29.4 Å². The van der Waals surface area contributed by atoms with Gasteiger partial charge in [0.25, 0.3) is 5.91 Å². The summed E-state index contributed by atoms with van der Waals surface area (Å²) in [6, 6.07) is 9.31. The number of nitrogens with one attached hydrogen (secondary N) is 2. The maximum atomic E-state index is 13.8. The average molecular weight is 390 g/mol. The van der Waals surface area contributed by atoms with Gasteiger partial charge in [-0.3, -0.25) is 14.4 Å². The number of carboxylic acid groups (broad SMARTS) is 1. The third kappa shape index (κ3) is 6.15. The zero-order chi connectivity index (χ0) is 20.7. The number of hydrogen-bond donors (Lipinski definition) is 3. The van der Waals surface area contributed by atoms with Crippen molar-refractivity contribution in [2.45, 2.75) is 25.7 Å². The predicted molar refractivity (Wildman–Crippen MR) is 99.0 cm³/mol. The van der Waals surface area contributed by atoms with Gasteiger partial charge in [0, 0.05) is 30.3 Å². The second-order valence-corrected chi connectivity index (χ2v) is 6.30. The molecule has 2 aromatic rings. The van der Waals surface area contributed by atoms with Crippen LogP contribution in [0.1, 0.15) is 41.6 Å². The highest BCUT2D eigenvalue weighted by Gasteiger charge is 2.16. The van der Waals surface area contributed by atoms with Crippen molar-refractivity contribution in [1.82, 2.24) is 5.32 Å². The summed E-state index contributed by atoms with van der Waals surface area (Å²) in [6.07, 6.45) is -0.174. The van der Waals surface area contributed by atoms with E-state index in [1.54, 1.807) is 6.92 Å². The van der Waals surface area contributed by atoms with E-state index in [9.17, 15) is 23.2 Å². The van der Waals surface area contributed by atoms with Crippen molar-refractivity contribution in [1.29, 1.82) is 0 Å². The Balaban J connectivity index is 1.89. The number of carbonyl (C=O) groups is 3. The summed E-state index contributed by atoms with van der Waals surface area (Å²) >= 11 is 0. The Labute approximate surface area is 160 Å². The third-order valence-electron chi connectivity index (χ3n) is 4.04. The summed E-state index contributed by atoms with van der Waals surface area (Å²) < 4.78 is 26.8. The molecule has 0 saturated carbocycles. The molecule has 2 aromatic carbocycles. The van der Waals surface area contributed by atoms with E-state index in [2.05, 4.69) is 10.6 Å². The molecule has 8 heteroatoms. The summed E-state index contributed by atoms with van der Waals surface area (Å²) in [5, 5.41) is 13.7. The van der Waals surface area contributed by atoms with E-state index in [-0.39, 0.29) is 30.9 Å². The molecular weight excluding hydrogens is 370 g/mol. The lowest BCUT2D eigenvalue weighted by molar-refractivity contribution is -0.136. The molecule has 2 amide bonds. The van der Waals surface area contributed by atoms with E-state index >= 15 is 0 Å². The maximum absolute atomic E-state index is 13.8. The largest absolute Gasteiger partial charge is 0.481 e. The van der Waals surface area contributed by atoms with Gasteiger partial charge in [-0.25, -0.2) is 8.78 Å². The summed E-state index contributed by atoms with van der Waals surface area (Å²) in [6.45, 7) is 1.69. The zero-order valence-corrected chi connectivity index (χ0v) is 15.2. The number of benzene rings is 2. The minimum absolute atomic E-state index is 0.0000215. The van der Waals surface area contributed by atoms with Gasteiger partial charge in [0.15, 0.2) is 0 Å². The van der Waals surface area contributed by atoms with Crippen LogP contribution in [0, 0.1) is 11.6 Å². The number of rotatable bonds is 8. The Morgan fingerprint density at radius 3 is 2.36 bits per heavy atom. The first-order chi connectivity index (χ1) is 13.3. The molecule has 0 fully saturated rings. The fourth-order valence-corrected chi connectivity index (χ4v) is 2.59. The van der Waals surface area contributed by atoms with Crippen molar-refractivity contribution in [3.63, 3.8) is 0 Å². The van der Waals surface area contributed by atoms with Gasteiger partial charge in [-0.15, -0.1) is 0 Å². The number of amides is 2. The van der Waals surface area contributed by atoms with E-state index in [4.69, 9.17) is 5.11 Å². The number of carbonyl (C=O) groups excluding carboxylic acids is 2.